The summed E-state index contributed by atoms with van der Waals surface area (Å²) in [4.78, 5) is 30.7. The Kier molecular flexibility index (Phi) is 4.98. The van der Waals surface area contributed by atoms with Crippen LogP contribution in [0.25, 0.3) is 11.3 Å². The van der Waals surface area contributed by atoms with Crippen LogP contribution in [0.3, 0.4) is 0 Å². The fraction of sp³-hybridized carbons (Fsp3) is 0.190. The second kappa shape index (κ2) is 7.60. The van der Waals surface area contributed by atoms with Crippen LogP contribution in [0.5, 0.6) is 0 Å². The summed E-state index contributed by atoms with van der Waals surface area (Å²) in [7, 11) is 0. The molecule has 3 amide bonds. The van der Waals surface area contributed by atoms with E-state index in [9.17, 15) is 9.59 Å². The number of pyridine rings is 1. The number of hydrogen-bond donors (Lipinski definition) is 2. The van der Waals surface area contributed by atoms with E-state index in [2.05, 4.69) is 10.3 Å². The van der Waals surface area contributed by atoms with Crippen molar-refractivity contribution in [3.05, 3.63) is 70.6 Å². The maximum absolute atomic E-state index is 12.8. The Bertz CT molecular complexity index is 1090. The van der Waals surface area contributed by atoms with E-state index in [-0.39, 0.29) is 18.1 Å². The number of primary amides is 1. The Morgan fingerprint density at radius 2 is 2.03 bits per heavy atom. The van der Waals surface area contributed by atoms with E-state index in [1.165, 1.54) is 0 Å². The molecule has 0 atom stereocenters. The number of halogens is 1. The SMILES string of the molecule is Cc1cccc(NC(=O)N2CCn3c(c(C(N)=O)c(Cl)c3-c3cccnc3)C2)c1. The van der Waals surface area contributed by atoms with Crippen molar-refractivity contribution in [3.63, 3.8) is 0 Å². The molecule has 0 spiro atoms. The number of hydrogen-bond acceptors (Lipinski definition) is 3. The zero-order chi connectivity index (χ0) is 20.5. The van der Waals surface area contributed by atoms with Crippen LogP contribution in [-0.2, 0) is 13.1 Å². The number of carbonyl (C=O) groups is 2. The molecule has 0 bridgehead atoms. The molecule has 0 saturated heterocycles. The Hall–Kier alpha value is -3.32. The predicted molar refractivity (Wildman–Crippen MR) is 112 cm³/mol. The molecular formula is C21H20ClN5O2. The summed E-state index contributed by atoms with van der Waals surface area (Å²) in [5, 5.41) is 3.20. The van der Waals surface area contributed by atoms with Gasteiger partial charge in [-0.2, -0.15) is 0 Å². The standard InChI is InChI=1S/C21H20ClN5O2/c1-13-4-2-6-15(10-13)25-21(29)26-8-9-27-16(12-26)17(20(23)28)18(22)19(27)14-5-3-7-24-11-14/h2-7,10-11H,8-9,12H2,1H3,(H2,23,28)(H,25,29). The minimum atomic E-state index is -0.616. The van der Waals surface area contributed by atoms with Crippen LogP contribution in [0.4, 0.5) is 10.5 Å². The molecule has 0 radical (unpaired) electrons. The van der Waals surface area contributed by atoms with Crippen LogP contribution in [0.2, 0.25) is 5.02 Å². The molecule has 2 aromatic heterocycles. The molecule has 1 aliphatic rings. The summed E-state index contributed by atoms with van der Waals surface area (Å²) in [6.07, 6.45) is 3.36. The van der Waals surface area contributed by atoms with Gasteiger partial charge < -0.3 is 20.5 Å². The molecule has 4 rings (SSSR count). The van der Waals surface area contributed by atoms with Gasteiger partial charge in [0.15, 0.2) is 0 Å². The number of rotatable bonds is 3. The smallest absolute Gasteiger partial charge is 0.322 e. The highest BCUT2D eigenvalue weighted by atomic mass is 35.5. The lowest BCUT2D eigenvalue weighted by molar-refractivity contribution is 0.0997. The predicted octanol–water partition coefficient (Wildman–Crippen LogP) is 3.66. The number of nitrogens with zero attached hydrogens (tertiary/aromatic N) is 3. The van der Waals surface area contributed by atoms with Crippen LogP contribution in [0.1, 0.15) is 21.6 Å². The van der Waals surface area contributed by atoms with E-state index in [1.807, 2.05) is 41.8 Å². The van der Waals surface area contributed by atoms with Crippen LogP contribution >= 0.6 is 11.6 Å². The van der Waals surface area contributed by atoms with E-state index >= 15 is 0 Å². The average molecular weight is 410 g/mol. The van der Waals surface area contributed by atoms with Crippen molar-refractivity contribution in [2.24, 2.45) is 5.73 Å². The number of nitrogens with two attached hydrogens (primary N) is 1. The summed E-state index contributed by atoms with van der Waals surface area (Å²) in [6, 6.07) is 11.0. The van der Waals surface area contributed by atoms with E-state index in [1.54, 1.807) is 23.4 Å². The van der Waals surface area contributed by atoms with Crippen molar-refractivity contribution in [3.8, 4) is 11.3 Å². The van der Waals surface area contributed by atoms with Crippen molar-refractivity contribution < 1.29 is 9.59 Å². The highest BCUT2D eigenvalue weighted by Gasteiger charge is 2.31. The summed E-state index contributed by atoms with van der Waals surface area (Å²) < 4.78 is 1.95. The van der Waals surface area contributed by atoms with Crippen molar-refractivity contribution in [2.45, 2.75) is 20.0 Å². The monoisotopic (exact) mass is 409 g/mol. The number of anilines is 1. The highest BCUT2D eigenvalue weighted by molar-refractivity contribution is 6.36. The first-order chi connectivity index (χ1) is 14.0. The summed E-state index contributed by atoms with van der Waals surface area (Å²) >= 11 is 6.56. The lowest BCUT2D eigenvalue weighted by atomic mass is 10.1. The molecule has 0 fully saturated rings. The third-order valence-electron chi connectivity index (χ3n) is 4.98. The van der Waals surface area contributed by atoms with Crippen LogP contribution in [0, 0.1) is 6.92 Å². The summed E-state index contributed by atoms with van der Waals surface area (Å²) in [6.45, 7) is 3.16. The number of urea groups is 1. The van der Waals surface area contributed by atoms with Gasteiger partial charge in [0.1, 0.15) is 0 Å². The Morgan fingerprint density at radius 3 is 2.72 bits per heavy atom. The molecule has 7 nitrogen and oxygen atoms in total. The quantitative estimate of drug-likeness (QED) is 0.691. The van der Waals surface area contributed by atoms with Gasteiger partial charge in [0.25, 0.3) is 5.91 Å². The van der Waals surface area contributed by atoms with Gasteiger partial charge in [-0.3, -0.25) is 9.78 Å². The molecule has 1 aromatic carbocycles. The van der Waals surface area contributed by atoms with Crippen molar-refractivity contribution >= 4 is 29.2 Å². The van der Waals surface area contributed by atoms with E-state index in [0.29, 0.717) is 29.5 Å². The van der Waals surface area contributed by atoms with Crippen molar-refractivity contribution in [2.75, 3.05) is 11.9 Å². The molecule has 3 heterocycles. The Balaban J connectivity index is 1.67. The maximum Gasteiger partial charge on any atom is 0.322 e. The minimum Gasteiger partial charge on any atom is -0.365 e. The molecule has 3 N–H and O–H groups in total. The molecule has 0 saturated carbocycles. The highest BCUT2D eigenvalue weighted by Crippen LogP contribution is 2.37. The molecule has 148 valence electrons. The number of aromatic nitrogens is 2. The van der Waals surface area contributed by atoms with E-state index in [0.717, 1.165) is 16.8 Å². The number of fused-ring (bicyclic) bond motifs is 1. The number of aryl methyl sites for hydroxylation is 1. The van der Waals surface area contributed by atoms with E-state index in [4.69, 9.17) is 17.3 Å². The number of carbonyl (C=O) groups excluding carboxylic acids is 2. The average Bonchev–Trinajstić information content (AvgIpc) is 2.99. The van der Waals surface area contributed by atoms with Gasteiger partial charge in [-0.05, 0) is 36.8 Å². The lowest BCUT2D eigenvalue weighted by Gasteiger charge is -2.30. The van der Waals surface area contributed by atoms with Crippen LogP contribution in [-0.4, -0.2) is 32.9 Å². The summed E-state index contributed by atoms with van der Waals surface area (Å²) in [5.74, 6) is -0.616. The van der Waals surface area contributed by atoms with Gasteiger partial charge in [-0.1, -0.05) is 23.7 Å². The zero-order valence-electron chi connectivity index (χ0n) is 15.9. The van der Waals surface area contributed by atoms with Gasteiger partial charge in [0.2, 0.25) is 0 Å². The largest absolute Gasteiger partial charge is 0.365 e. The van der Waals surface area contributed by atoms with Crippen LogP contribution < -0.4 is 11.1 Å². The van der Waals surface area contributed by atoms with Gasteiger partial charge >= 0.3 is 6.03 Å². The third kappa shape index (κ3) is 3.56. The molecule has 3 aromatic rings. The zero-order valence-corrected chi connectivity index (χ0v) is 16.6. The normalized spacial score (nSPS) is 13.1. The van der Waals surface area contributed by atoms with Crippen molar-refractivity contribution in [1.29, 1.82) is 0 Å². The second-order valence-electron chi connectivity index (χ2n) is 6.96. The van der Waals surface area contributed by atoms with Crippen LogP contribution in [0.15, 0.2) is 48.8 Å². The first kappa shape index (κ1) is 19.0. The fourth-order valence-corrected chi connectivity index (χ4v) is 4.07. The molecular weight excluding hydrogens is 390 g/mol. The van der Waals surface area contributed by atoms with Gasteiger partial charge in [-0.15, -0.1) is 0 Å². The molecule has 29 heavy (non-hydrogen) atoms. The summed E-state index contributed by atoms with van der Waals surface area (Å²) in [5.41, 5.74) is 9.77. The topological polar surface area (TPSA) is 93.3 Å². The molecule has 8 heteroatoms. The number of nitrogens with one attached hydrogen (secondary N) is 1. The minimum absolute atomic E-state index is 0.232. The molecule has 0 unspecified atom stereocenters. The first-order valence-corrected chi connectivity index (χ1v) is 9.57. The van der Waals surface area contributed by atoms with Crippen molar-refractivity contribution in [1.82, 2.24) is 14.5 Å². The molecule has 1 aliphatic heterocycles. The van der Waals surface area contributed by atoms with E-state index < -0.39 is 5.91 Å². The lowest BCUT2D eigenvalue weighted by Crippen LogP contribution is -2.41. The number of benzene rings is 1. The fourth-order valence-electron chi connectivity index (χ4n) is 3.66. The van der Waals surface area contributed by atoms with Gasteiger partial charge in [-0.25, -0.2) is 4.79 Å². The van der Waals surface area contributed by atoms with Gasteiger partial charge in [0, 0.05) is 36.7 Å². The maximum atomic E-state index is 12.8. The Morgan fingerprint density at radius 1 is 1.21 bits per heavy atom. The number of amides is 3. The first-order valence-electron chi connectivity index (χ1n) is 9.19. The van der Waals surface area contributed by atoms with Gasteiger partial charge in [0.05, 0.1) is 28.5 Å². The molecule has 0 aliphatic carbocycles. The Labute approximate surface area is 173 Å². The second-order valence-corrected chi connectivity index (χ2v) is 7.34. The third-order valence-corrected chi connectivity index (χ3v) is 5.35.